The fourth-order valence-corrected chi connectivity index (χ4v) is 5.10. The fourth-order valence-electron chi connectivity index (χ4n) is 5.10. The SMILES string of the molecule is O=C(CC1(c2ccccc2)CC(=O)N(CCc2ccccn2)C1=O)N1CCc2ccccc2C1. The number of fused-ring (bicyclic) bond motifs is 1. The molecule has 2 aliphatic heterocycles. The molecular formula is C28H27N3O3. The summed E-state index contributed by atoms with van der Waals surface area (Å²) in [4.78, 5) is 47.8. The third-order valence-electron chi connectivity index (χ3n) is 6.99. The summed E-state index contributed by atoms with van der Waals surface area (Å²) in [6.45, 7) is 1.41. The first-order valence-electron chi connectivity index (χ1n) is 11.7. The van der Waals surface area contributed by atoms with E-state index in [0.29, 0.717) is 19.5 Å². The minimum Gasteiger partial charge on any atom is -0.338 e. The lowest BCUT2D eigenvalue weighted by Crippen LogP contribution is -2.45. The Hall–Kier alpha value is -3.80. The zero-order chi connectivity index (χ0) is 23.5. The van der Waals surface area contributed by atoms with Gasteiger partial charge in [-0.05, 0) is 35.2 Å². The number of hydrogen-bond donors (Lipinski definition) is 0. The van der Waals surface area contributed by atoms with Gasteiger partial charge in [0, 0.05) is 50.8 Å². The van der Waals surface area contributed by atoms with Gasteiger partial charge in [-0.2, -0.15) is 0 Å². The van der Waals surface area contributed by atoms with Gasteiger partial charge in [-0.1, -0.05) is 60.7 Å². The van der Waals surface area contributed by atoms with Crippen LogP contribution in [-0.2, 0) is 39.2 Å². The van der Waals surface area contributed by atoms with E-state index in [0.717, 1.165) is 23.2 Å². The van der Waals surface area contributed by atoms with Crippen molar-refractivity contribution in [1.29, 1.82) is 0 Å². The van der Waals surface area contributed by atoms with Crippen molar-refractivity contribution in [3.8, 4) is 0 Å². The van der Waals surface area contributed by atoms with Crippen molar-refractivity contribution in [3.63, 3.8) is 0 Å². The molecule has 5 rings (SSSR count). The molecule has 0 bridgehead atoms. The molecule has 2 aliphatic rings. The summed E-state index contributed by atoms with van der Waals surface area (Å²) < 4.78 is 0. The average molecular weight is 454 g/mol. The summed E-state index contributed by atoms with van der Waals surface area (Å²) in [5.74, 6) is -0.613. The zero-order valence-electron chi connectivity index (χ0n) is 19.0. The van der Waals surface area contributed by atoms with Crippen molar-refractivity contribution in [1.82, 2.24) is 14.8 Å². The summed E-state index contributed by atoms with van der Waals surface area (Å²) in [5.41, 5.74) is 2.78. The Bertz CT molecular complexity index is 1210. The molecule has 1 fully saturated rings. The molecule has 0 radical (unpaired) electrons. The molecule has 6 heteroatoms. The zero-order valence-corrected chi connectivity index (χ0v) is 19.0. The van der Waals surface area contributed by atoms with Gasteiger partial charge in [0.25, 0.3) is 0 Å². The molecule has 0 N–H and O–H groups in total. The largest absolute Gasteiger partial charge is 0.338 e. The number of benzene rings is 2. The van der Waals surface area contributed by atoms with Crippen LogP contribution in [0.5, 0.6) is 0 Å². The lowest BCUT2D eigenvalue weighted by molar-refractivity contribution is -0.143. The first-order valence-corrected chi connectivity index (χ1v) is 11.7. The summed E-state index contributed by atoms with van der Waals surface area (Å²) in [7, 11) is 0. The first kappa shape index (κ1) is 22.0. The Labute approximate surface area is 199 Å². The van der Waals surface area contributed by atoms with Gasteiger partial charge in [-0.25, -0.2) is 0 Å². The van der Waals surface area contributed by atoms with Gasteiger partial charge in [-0.15, -0.1) is 0 Å². The number of nitrogens with zero attached hydrogens (tertiary/aromatic N) is 3. The second-order valence-electron chi connectivity index (χ2n) is 9.06. The van der Waals surface area contributed by atoms with Crippen LogP contribution in [0, 0.1) is 0 Å². The van der Waals surface area contributed by atoms with Crippen LogP contribution in [0.4, 0.5) is 0 Å². The number of hydrogen-bond acceptors (Lipinski definition) is 4. The molecule has 1 atom stereocenters. The van der Waals surface area contributed by atoms with E-state index in [1.54, 1.807) is 6.20 Å². The Kier molecular flexibility index (Phi) is 5.97. The van der Waals surface area contributed by atoms with Gasteiger partial charge in [0.15, 0.2) is 0 Å². The quantitative estimate of drug-likeness (QED) is 0.537. The van der Waals surface area contributed by atoms with E-state index in [9.17, 15) is 14.4 Å². The second kappa shape index (κ2) is 9.21. The maximum absolute atomic E-state index is 13.8. The van der Waals surface area contributed by atoms with E-state index in [-0.39, 0.29) is 37.1 Å². The molecular weight excluding hydrogens is 426 g/mol. The van der Waals surface area contributed by atoms with Crippen molar-refractivity contribution in [2.75, 3.05) is 13.1 Å². The van der Waals surface area contributed by atoms with Crippen molar-refractivity contribution in [3.05, 3.63) is 101 Å². The van der Waals surface area contributed by atoms with Crippen molar-refractivity contribution >= 4 is 17.7 Å². The monoisotopic (exact) mass is 453 g/mol. The van der Waals surface area contributed by atoms with E-state index in [1.807, 2.05) is 71.6 Å². The van der Waals surface area contributed by atoms with Crippen LogP contribution < -0.4 is 0 Å². The minimum atomic E-state index is -1.17. The molecule has 1 saturated heterocycles. The number of carbonyl (C=O) groups is 3. The first-order chi connectivity index (χ1) is 16.6. The van der Waals surface area contributed by atoms with Gasteiger partial charge in [0.05, 0.1) is 5.41 Å². The van der Waals surface area contributed by atoms with Crippen LogP contribution in [0.15, 0.2) is 79.0 Å². The van der Waals surface area contributed by atoms with Gasteiger partial charge < -0.3 is 4.90 Å². The summed E-state index contributed by atoms with van der Waals surface area (Å²) in [5, 5.41) is 0. The number of likely N-dealkylation sites (tertiary alicyclic amines) is 1. The lowest BCUT2D eigenvalue weighted by atomic mass is 9.75. The van der Waals surface area contributed by atoms with Crippen molar-refractivity contribution in [2.24, 2.45) is 0 Å². The van der Waals surface area contributed by atoms with Gasteiger partial charge in [0.1, 0.15) is 0 Å². The maximum Gasteiger partial charge on any atom is 0.240 e. The Balaban J connectivity index is 1.39. The lowest BCUT2D eigenvalue weighted by Gasteiger charge is -2.33. The van der Waals surface area contributed by atoms with E-state index >= 15 is 0 Å². The smallest absolute Gasteiger partial charge is 0.240 e. The van der Waals surface area contributed by atoms with Crippen molar-refractivity contribution < 1.29 is 14.4 Å². The highest BCUT2D eigenvalue weighted by Crippen LogP contribution is 2.40. The van der Waals surface area contributed by atoms with Crippen LogP contribution in [0.3, 0.4) is 0 Å². The molecule has 0 saturated carbocycles. The predicted octanol–water partition coefficient (Wildman–Crippen LogP) is 3.30. The van der Waals surface area contributed by atoms with Gasteiger partial charge in [-0.3, -0.25) is 24.3 Å². The minimum absolute atomic E-state index is 0.00817. The Morgan fingerprint density at radius 1 is 0.912 bits per heavy atom. The molecule has 1 aromatic heterocycles. The number of carbonyl (C=O) groups excluding carboxylic acids is 3. The average Bonchev–Trinajstić information content (AvgIpc) is 3.12. The normalized spacial score (nSPS) is 19.9. The Morgan fingerprint density at radius 3 is 2.41 bits per heavy atom. The number of amides is 3. The maximum atomic E-state index is 13.8. The van der Waals surface area contributed by atoms with E-state index in [1.165, 1.54) is 10.5 Å². The molecule has 3 amide bonds. The van der Waals surface area contributed by atoms with Crippen LogP contribution >= 0.6 is 0 Å². The third-order valence-corrected chi connectivity index (χ3v) is 6.99. The highest BCUT2D eigenvalue weighted by atomic mass is 16.2. The molecule has 3 aromatic rings. The Morgan fingerprint density at radius 2 is 1.65 bits per heavy atom. The number of aromatic nitrogens is 1. The molecule has 0 spiro atoms. The summed E-state index contributed by atoms with van der Waals surface area (Å²) in [6, 6.07) is 23.0. The van der Waals surface area contributed by atoms with Crippen LogP contribution in [0.2, 0.25) is 0 Å². The topological polar surface area (TPSA) is 70.6 Å². The molecule has 34 heavy (non-hydrogen) atoms. The highest BCUT2D eigenvalue weighted by molar-refractivity contribution is 6.10. The molecule has 0 aliphatic carbocycles. The van der Waals surface area contributed by atoms with Crippen molar-refractivity contribution in [2.45, 2.75) is 37.6 Å². The van der Waals surface area contributed by atoms with Crippen LogP contribution in [0.25, 0.3) is 0 Å². The molecule has 2 aromatic carbocycles. The number of imide groups is 1. The van der Waals surface area contributed by atoms with E-state index in [2.05, 4.69) is 11.1 Å². The highest BCUT2D eigenvalue weighted by Gasteiger charge is 2.54. The van der Waals surface area contributed by atoms with Crippen LogP contribution in [0.1, 0.15) is 35.2 Å². The fraction of sp³-hybridized carbons (Fsp3) is 0.286. The third kappa shape index (κ3) is 4.12. The molecule has 3 heterocycles. The standard InChI is InChI=1S/C28H27N3O3/c32-25(30-16-13-21-8-4-5-9-22(21)20-30)18-28(23-10-2-1-3-11-23)19-26(33)31(27(28)34)17-14-24-12-6-7-15-29-24/h1-12,15H,13-14,16-20H2. The summed E-state index contributed by atoms with van der Waals surface area (Å²) in [6.07, 6.45) is 2.98. The van der Waals surface area contributed by atoms with Crippen LogP contribution in [-0.4, -0.2) is 45.6 Å². The summed E-state index contributed by atoms with van der Waals surface area (Å²) >= 11 is 0. The molecule has 172 valence electrons. The van der Waals surface area contributed by atoms with Gasteiger partial charge >= 0.3 is 0 Å². The predicted molar refractivity (Wildman–Crippen MR) is 128 cm³/mol. The second-order valence-corrected chi connectivity index (χ2v) is 9.06. The van der Waals surface area contributed by atoms with E-state index in [4.69, 9.17) is 0 Å². The van der Waals surface area contributed by atoms with Gasteiger partial charge in [0.2, 0.25) is 17.7 Å². The molecule has 1 unspecified atom stereocenters. The molecule has 6 nitrogen and oxygen atoms in total. The number of pyridine rings is 1. The number of rotatable bonds is 6. The van der Waals surface area contributed by atoms with E-state index < -0.39 is 5.41 Å².